The number of hydrogen-bond donors (Lipinski definition) is 0. The molecule has 80 heavy (non-hydrogen) atoms. The maximum absolute atomic E-state index is 13.3. The second-order valence-corrected chi connectivity index (χ2v) is 21.8. The maximum Gasteiger partial charge on any atom is 0.410 e. The molecule has 0 N–H and O–H groups in total. The van der Waals surface area contributed by atoms with Crippen LogP contribution in [0.15, 0.2) is 146 Å². The molecule has 6 aromatic rings. The fourth-order valence-electron chi connectivity index (χ4n) is 10.1. The Morgan fingerprint density at radius 2 is 0.887 bits per heavy atom. The fraction of sp³-hybridized carbons (Fsp3) is 0.328. The van der Waals surface area contributed by atoms with E-state index in [0.29, 0.717) is 17.9 Å². The third kappa shape index (κ3) is 13.2. The van der Waals surface area contributed by atoms with Gasteiger partial charge in [0, 0.05) is 25.9 Å². The number of benzene rings is 6. The highest BCUT2D eigenvalue weighted by molar-refractivity contribution is 6.20. The van der Waals surface area contributed by atoms with Crippen molar-refractivity contribution in [3.8, 4) is 28.0 Å². The van der Waals surface area contributed by atoms with Crippen LogP contribution >= 0.6 is 0 Å². The van der Waals surface area contributed by atoms with Gasteiger partial charge in [-0.25, -0.2) is 24.0 Å². The van der Waals surface area contributed by atoms with E-state index in [4.69, 9.17) is 28.5 Å². The SMILES string of the molecule is CN(C(=O)OCC1c2ccccc2-c2ccccc21)[C@@H](CCC(=O)ON1C(=O)c2ccccc2C1=O)C(=O)OC(C)(C)C.COc1cccc(CC[C@@H](C(=O)OC(C)(C)C)N(C)C(=O)OCC2c3ccccc3-c3ccccc32)c1. The van der Waals surface area contributed by atoms with Gasteiger partial charge in [-0.3, -0.25) is 19.4 Å². The van der Waals surface area contributed by atoms with Gasteiger partial charge >= 0.3 is 30.1 Å². The van der Waals surface area contributed by atoms with Gasteiger partial charge in [0.05, 0.1) is 24.7 Å². The molecule has 2 atom stereocenters. The van der Waals surface area contributed by atoms with Crippen molar-refractivity contribution < 1.29 is 62.1 Å². The zero-order chi connectivity index (χ0) is 57.5. The van der Waals surface area contributed by atoms with E-state index in [-0.39, 0.29) is 42.6 Å². The van der Waals surface area contributed by atoms with Crippen molar-refractivity contribution in [1.82, 2.24) is 14.9 Å². The number of carbonyl (C=O) groups is 7. The molecule has 3 aliphatic rings. The van der Waals surface area contributed by atoms with Crippen LogP contribution in [0.1, 0.15) is 121 Å². The van der Waals surface area contributed by atoms with E-state index in [1.165, 1.54) is 24.1 Å². The van der Waals surface area contributed by atoms with Crippen LogP contribution in [0.25, 0.3) is 22.3 Å². The molecule has 0 bridgehead atoms. The number of hydroxylamine groups is 2. The molecule has 0 fully saturated rings. The van der Waals surface area contributed by atoms with Crippen molar-refractivity contribution >= 4 is 41.9 Å². The van der Waals surface area contributed by atoms with Crippen LogP contribution in [0.4, 0.5) is 9.59 Å². The van der Waals surface area contributed by atoms with E-state index < -0.39 is 71.6 Å². The van der Waals surface area contributed by atoms with E-state index in [1.807, 2.05) is 118 Å². The molecular formula is C64H67N3O13. The quantitative estimate of drug-likeness (QED) is 0.0507. The lowest BCUT2D eigenvalue weighted by molar-refractivity contribution is -0.170. The summed E-state index contributed by atoms with van der Waals surface area (Å²) >= 11 is 0. The lowest BCUT2D eigenvalue weighted by Gasteiger charge is -2.30. The summed E-state index contributed by atoms with van der Waals surface area (Å²) < 4.78 is 28.0. The van der Waals surface area contributed by atoms with Gasteiger partial charge < -0.3 is 28.5 Å². The van der Waals surface area contributed by atoms with E-state index in [2.05, 4.69) is 24.3 Å². The molecule has 16 heteroatoms. The number of amides is 4. The Kier molecular flexibility index (Phi) is 17.6. The Balaban J connectivity index is 0.000000213. The van der Waals surface area contributed by atoms with Crippen molar-refractivity contribution in [3.63, 3.8) is 0 Å². The number of aryl methyl sites for hydroxylation is 1. The molecular weight excluding hydrogens is 1020 g/mol. The van der Waals surface area contributed by atoms with Gasteiger partial charge in [-0.05, 0) is 135 Å². The van der Waals surface area contributed by atoms with Crippen molar-refractivity contribution in [2.75, 3.05) is 34.4 Å². The number of ether oxygens (including phenoxy) is 5. The fourth-order valence-corrected chi connectivity index (χ4v) is 10.1. The van der Waals surface area contributed by atoms with Crippen molar-refractivity contribution in [2.24, 2.45) is 0 Å². The third-order valence-corrected chi connectivity index (χ3v) is 14.0. The summed E-state index contributed by atoms with van der Waals surface area (Å²) in [4.78, 5) is 98.2. The molecule has 9 rings (SSSR count). The summed E-state index contributed by atoms with van der Waals surface area (Å²) in [6.45, 7) is 10.7. The first-order valence-corrected chi connectivity index (χ1v) is 26.6. The van der Waals surface area contributed by atoms with Crippen LogP contribution < -0.4 is 4.74 Å². The molecule has 416 valence electrons. The molecule has 1 heterocycles. The summed E-state index contributed by atoms with van der Waals surface area (Å²) in [5.74, 6) is -3.12. The molecule has 16 nitrogen and oxygen atoms in total. The number of methoxy groups -OCH3 is 1. The highest BCUT2D eigenvalue weighted by Gasteiger charge is 2.40. The van der Waals surface area contributed by atoms with Gasteiger partial charge in [0.2, 0.25) is 0 Å². The van der Waals surface area contributed by atoms with E-state index >= 15 is 0 Å². The van der Waals surface area contributed by atoms with Gasteiger partial charge in [0.15, 0.2) is 0 Å². The van der Waals surface area contributed by atoms with Crippen LogP contribution in [0, 0.1) is 0 Å². The standard InChI is InChI=1S/C33H32N2O8.C31H35NO5/c1-33(2,3)42-31(39)27(17-18-28(36)43-35-29(37)24-15-9-10-16-25(24)30(35)38)34(4)32(40)41-19-26-22-13-7-5-11-20(22)21-12-6-8-14-23(21)26;1-31(2,3)37-29(33)28(18-17-21-11-10-12-22(19-21)35-5)32(4)30(34)36-20-27-25-15-8-6-13-23(25)24-14-7-9-16-26(24)27/h5-16,26-27H,17-19H2,1-4H3;6-16,19,27-28H,17-18,20H2,1-5H3/t27-;28-/m00/s1. The average molecular weight is 1090 g/mol. The van der Waals surface area contributed by atoms with Crippen molar-refractivity contribution in [3.05, 3.63) is 185 Å². The minimum absolute atomic E-state index is 0.0417. The summed E-state index contributed by atoms with van der Waals surface area (Å²) in [7, 11) is 4.61. The molecule has 0 saturated heterocycles. The number of imide groups is 1. The molecule has 6 aromatic carbocycles. The Bertz CT molecular complexity index is 3180. The number of nitrogens with zero attached hydrogens (tertiary/aromatic N) is 3. The highest BCUT2D eigenvalue weighted by atomic mass is 16.7. The number of esters is 2. The molecule has 0 spiro atoms. The molecule has 4 amide bonds. The normalized spacial score (nSPS) is 13.9. The highest BCUT2D eigenvalue weighted by Crippen LogP contribution is 2.46. The lowest BCUT2D eigenvalue weighted by atomic mass is 9.98. The summed E-state index contributed by atoms with van der Waals surface area (Å²) in [5, 5.41) is 0.407. The van der Waals surface area contributed by atoms with Gasteiger partial charge in [0.25, 0.3) is 11.8 Å². The first-order valence-electron chi connectivity index (χ1n) is 26.6. The maximum atomic E-state index is 13.3. The van der Waals surface area contributed by atoms with E-state index in [0.717, 1.165) is 60.7 Å². The van der Waals surface area contributed by atoms with Gasteiger partial charge in [-0.15, -0.1) is 0 Å². The molecule has 1 aliphatic heterocycles. The Hall–Kier alpha value is -8.79. The number of fused-ring (bicyclic) bond motifs is 7. The Morgan fingerprint density at radius 3 is 1.27 bits per heavy atom. The lowest BCUT2D eigenvalue weighted by Crippen LogP contribution is -2.46. The van der Waals surface area contributed by atoms with Crippen LogP contribution in [0.2, 0.25) is 0 Å². The number of carbonyl (C=O) groups excluding carboxylic acids is 7. The number of rotatable bonds is 16. The largest absolute Gasteiger partial charge is 0.497 e. The number of likely N-dealkylation sites (N-methyl/N-ethyl adjacent to an activating group) is 2. The van der Waals surface area contributed by atoms with E-state index in [9.17, 15) is 33.6 Å². The van der Waals surface area contributed by atoms with E-state index in [1.54, 1.807) is 47.1 Å². The summed E-state index contributed by atoms with van der Waals surface area (Å²) in [5.41, 5.74) is 8.57. The van der Waals surface area contributed by atoms with Gasteiger partial charge in [-0.1, -0.05) is 126 Å². The number of hydrogen-bond acceptors (Lipinski definition) is 13. The minimum atomic E-state index is -1.20. The average Bonchev–Trinajstić information content (AvgIpc) is 4.02. The monoisotopic (exact) mass is 1090 g/mol. The Labute approximate surface area is 466 Å². The zero-order valence-corrected chi connectivity index (χ0v) is 46.6. The topological polar surface area (TPSA) is 185 Å². The Morgan fingerprint density at radius 1 is 0.512 bits per heavy atom. The molecule has 0 aromatic heterocycles. The smallest absolute Gasteiger partial charge is 0.410 e. The van der Waals surface area contributed by atoms with Gasteiger partial charge in [0.1, 0.15) is 42.2 Å². The first kappa shape index (κ1) is 57.4. The second kappa shape index (κ2) is 24.5. The van der Waals surface area contributed by atoms with Gasteiger partial charge in [-0.2, -0.15) is 0 Å². The predicted molar refractivity (Wildman–Crippen MR) is 299 cm³/mol. The molecule has 0 unspecified atom stereocenters. The molecule has 2 aliphatic carbocycles. The van der Waals surface area contributed by atoms with Crippen molar-refractivity contribution in [2.45, 2.75) is 102 Å². The third-order valence-electron chi connectivity index (χ3n) is 14.0. The second-order valence-electron chi connectivity index (χ2n) is 21.8. The first-order chi connectivity index (χ1) is 38.1. The summed E-state index contributed by atoms with van der Waals surface area (Å²) in [6.07, 6.45) is -0.948. The minimum Gasteiger partial charge on any atom is -0.497 e. The van der Waals surface area contributed by atoms with Crippen LogP contribution in [0.5, 0.6) is 5.75 Å². The van der Waals surface area contributed by atoms with Crippen molar-refractivity contribution in [1.29, 1.82) is 0 Å². The predicted octanol–water partition coefficient (Wildman–Crippen LogP) is 11.3. The molecule has 0 saturated carbocycles. The van der Waals surface area contributed by atoms with Crippen LogP contribution in [0.3, 0.4) is 0 Å². The van der Waals surface area contributed by atoms with Crippen LogP contribution in [-0.2, 0) is 44.6 Å². The molecule has 0 radical (unpaired) electrons. The van der Waals surface area contributed by atoms with Crippen LogP contribution in [-0.4, -0.2) is 114 Å². The summed E-state index contributed by atoms with van der Waals surface area (Å²) in [6, 6.07) is 44.1. The zero-order valence-electron chi connectivity index (χ0n) is 46.6.